The monoisotopic (exact) mass is 273 g/mol. The molecule has 1 atom stereocenters. The minimum atomic E-state index is -0.627. The Kier molecular flexibility index (Phi) is 5.31. The molecule has 0 aromatic heterocycles. The molecule has 0 spiro atoms. The maximum atomic E-state index is 12.0. The third-order valence-electron chi connectivity index (χ3n) is 2.90. The van der Waals surface area contributed by atoms with Gasteiger partial charge in [0.25, 0.3) is 0 Å². The number of hydrogen-bond acceptors (Lipinski definition) is 5. The van der Waals surface area contributed by atoms with E-state index in [2.05, 4.69) is 0 Å². The first-order chi connectivity index (χ1) is 8.78. The third kappa shape index (κ3) is 4.47. The standard InChI is InChI=1S/C13H23NO5/c1-13(2,3)19-12(16)14-7-6-10(15)9(8-14)11(17-4)18-5/h9,11H,6-8H2,1-5H3. The summed E-state index contributed by atoms with van der Waals surface area (Å²) in [7, 11) is 2.96. The zero-order valence-corrected chi connectivity index (χ0v) is 12.3. The van der Waals surface area contributed by atoms with E-state index in [9.17, 15) is 9.59 Å². The van der Waals surface area contributed by atoms with E-state index >= 15 is 0 Å². The number of nitrogens with zero attached hydrogens (tertiary/aromatic N) is 1. The molecule has 0 aromatic rings. The van der Waals surface area contributed by atoms with E-state index in [1.54, 1.807) is 0 Å². The lowest BCUT2D eigenvalue weighted by Gasteiger charge is -2.35. The lowest BCUT2D eigenvalue weighted by atomic mass is 9.96. The third-order valence-corrected chi connectivity index (χ3v) is 2.90. The van der Waals surface area contributed by atoms with E-state index < -0.39 is 23.9 Å². The number of rotatable bonds is 3. The van der Waals surface area contributed by atoms with Crippen LogP contribution in [-0.4, -0.2) is 56.0 Å². The van der Waals surface area contributed by atoms with Crippen LogP contribution in [0.4, 0.5) is 4.79 Å². The summed E-state index contributed by atoms with van der Waals surface area (Å²) in [5.74, 6) is -0.412. The molecule has 19 heavy (non-hydrogen) atoms. The van der Waals surface area contributed by atoms with Crippen LogP contribution in [0.15, 0.2) is 0 Å². The number of methoxy groups -OCH3 is 2. The van der Waals surface area contributed by atoms with Crippen molar-refractivity contribution in [2.45, 2.75) is 39.1 Å². The summed E-state index contributed by atoms with van der Waals surface area (Å²) in [6, 6.07) is 0. The van der Waals surface area contributed by atoms with Crippen LogP contribution in [0.25, 0.3) is 0 Å². The highest BCUT2D eigenvalue weighted by Crippen LogP contribution is 2.21. The summed E-state index contributed by atoms with van der Waals surface area (Å²) in [5.41, 5.74) is -0.546. The molecule has 1 saturated heterocycles. The Morgan fingerprint density at radius 2 is 1.89 bits per heavy atom. The topological polar surface area (TPSA) is 65.1 Å². The van der Waals surface area contributed by atoms with Crippen molar-refractivity contribution in [3.05, 3.63) is 0 Å². The zero-order chi connectivity index (χ0) is 14.6. The van der Waals surface area contributed by atoms with Crippen LogP contribution >= 0.6 is 0 Å². The molecule has 1 rings (SSSR count). The molecule has 1 unspecified atom stereocenters. The molecule has 0 bridgehead atoms. The molecule has 6 nitrogen and oxygen atoms in total. The quantitative estimate of drug-likeness (QED) is 0.728. The van der Waals surface area contributed by atoms with Gasteiger partial charge in [0.1, 0.15) is 11.4 Å². The molecule has 0 radical (unpaired) electrons. The number of carbonyl (C=O) groups excluding carboxylic acids is 2. The second kappa shape index (κ2) is 6.34. The van der Waals surface area contributed by atoms with Gasteiger partial charge in [0.05, 0.1) is 5.92 Å². The van der Waals surface area contributed by atoms with Gasteiger partial charge < -0.3 is 19.1 Å². The van der Waals surface area contributed by atoms with Gasteiger partial charge in [-0.15, -0.1) is 0 Å². The van der Waals surface area contributed by atoms with Crippen molar-refractivity contribution in [2.75, 3.05) is 27.3 Å². The minimum Gasteiger partial charge on any atom is -0.444 e. The van der Waals surface area contributed by atoms with Gasteiger partial charge in [0.2, 0.25) is 0 Å². The van der Waals surface area contributed by atoms with E-state index in [1.165, 1.54) is 19.1 Å². The zero-order valence-electron chi connectivity index (χ0n) is 12.3. The Morgan fingerprint density at radius 1 is 1.32 bits per heavy atom. The fourth-order valence-electron chi connectivity index (χ4n) is 2.02. The van der Waals surface area contributed by atoms with Crippen molar-refractivity contribution in [3.63, 3.8) is 0 Å². The Labute approximate surface area is 114 Å². The number of ether oxygens (including phenoxy) is 3. The number of carbonyl (C=O) groups is 2. The predicted octanol–water partition coefficient (Wildman–Crippen LogP) is 1.43. The Balaban J connectivity index is 2.69. The van der Waals surface area contributed by atoms with Crippen LogP contribution in [0.1, 0.15) is 27.2 Å². The van der Waals surface area contributed by atoms with Crippen molar-refractivity contribution < 1.29 is 23.8 Å². The summed E-state index contributed by atoms with van der Waals surface area (Å²) in [6.45, 7) is 6.07. The average molecular weight is 273 g/mol. The van der Waals surface area contributed by atoms with Crippen LogP contribution in [0.3, 0.4) is 0 Å². The first-order valence-electron chi connectivity index (χ1n) is 6.34. The first kappa shape index (κ1) is 15.9. The van der Waals surface area contributed by atoms with Crippen LogP contribution in [0.2, 0.25) is 0 Å². The van der Waals surface area contributed by atoms with Crippen LogP contribution in [-0.2, 0) is 19.0 Å². The van der Waals surface area contributed by atoms with Crippen molar-refractivity contribution in [3.8, 4) is 0 Å². The maximum absolute atomic E-state index is 12.0. The molecule has 0 saturated carbocycles. The smallest absolute Gasteiger partial charge is 0.410 e. The lowest BCUT2D eigenvalue weighted by molar-refractivity contribution is -0.163. The van der Waals surface area contributed by atoms with Crippen molar-refractivity contribution in [1.29, 1.82) is 0 Å². The summed E-state index contributed by atoms with van der Waals surface area (Å²) in [5, 5.41) is 0. The van der Waals surface area contributed by atoms with Crippen molar-refractivity contribution in [1.82, 2.24) is 4.90 Å². The molecule has 1 fully saturated rings. The highest BCUT2D eigenvalue weighted by molar-refractivity contribution is 5.84. The number of piperidine rings is 1. The summed E-state index contributed by atoms with van der Waals surface area (Å²) < 4.78 is 15.5. The SMILES string of the molecule is COC(OC)C1CN(C(=O)OC(C)(C)C)CCC1=O. The maximum Gasteiger partial charge on any atom is 0.410 e. The Bertz CT molecular complexity index is 332. The van der Waals surface area contributed by atoms with Gasteiger partial charge in [0.15, 0.2) is 6.29 Å². The van der Waals surface area contributed by atoms with Gasteiger partial charge in [-0.1, -0.05) is 0 Å². The fraction of sp³-hybridized carbons (Fsp3) is 0.846. The van der Waals surface area contributed by atoms with Gasteiger partial charge in [-0.2, -0.15) is 0 Å². The number of Topliss-reactive ketones (excluding diaryl/α,β-unsaturated/α-hetero) is 1. The highest BCUT2D eigenvalue weighted by atomic mass is 16.7. The van der Waals surface area contributed by atoms with E-state index in [0.717, 1.165) is 0 Å². The molecule has 1 aliphatic rings. The minimum absolute atomic E-state index is 0.0495. The molecule has 1 amide bonds. The fourth-order valence-corrected chi connectivity index (χ4v) is 2.02. The predicted molar refractivity (Wildman–Crippen MR) is 68.7 cm³/mol. The molecule has 1 heterocycles. The molecule has 110 valence electrons. The largest absolute Gasteiger partial charge is 0.444 e. The summed E-state index contributed by atoms with van der Waals surface area (Å²) in [6.07, 6.45) is -0.735. The molecular weight excluding hydrogens is 250 g/mol. The van der Waals surface area contributed by atoms with Gasteiger partial charge in [-0.25, -0.2) is 4.79 Å². The number of ketones is 1. The van der Waals surface area contributed by atoms with Gasteiger partial charge in [-0.05, 0) is 20.8 Å². The lowest BCUT2D eigenvalue weighted by Crippen LogP contribution is -2.50. The molecule has 6 heteroatoms. The molecule has 0 aliphatic carbocycles. The van der Waals surface area contributed by atoms with E-state index in [4.69, 9.17) is 14.2 Å². The second-order valence-corrected chi connectivity index (χ2v) is 5.59. The molecule has 1 aliphatic heterocycles. The normalized spacial score (nSPS) is 20.8. The van der Waals surface area contributed by atoms with Crippen LogP contribution in [0, 0.1) is 5.92 Å². The average Bonchev–Trinajstić information content (AvgIpc) is 2.30. The number of hydrogen-bond donors (Lipinski definition) is 0. The summed E-state index contributed by atoms with van der Waals surface area (Å²) >= 11 is 0. The van der Waals surface area contributed by atoms with E-state index in [0.29, 0.717) is 13.0 Å². The molecule has 0 N–H and O–H groups in total. The molecule has 0 aromatic carbocycles. The Morgan fingerprint density at radius 3 is 2.37 bits per heavy atom. The van der Waals surface area contributed by atoms with Crippen LogP contribution in [0.5, 0.6) is 0 Å². The highest BCUT2D eigenvalue weighted by Gasteiger charge is 2.37. The van der Waals surface area contributed by atoms with E-state index in [-0.39, 0.29) is 12.3 Å². The van der Waals surface area contributed by atoms with E-state index in [1.807, 2.05) is 20.8 Å². The van der Waals surface area contributed by atoms with Crippen LogP contribution < -0.4 is 0 Å². The van der Waals surface area contributed by atoms with Gasteiger partial charge in [0, 0.05) is 33.7 Å². The first-order valence-corrected chi connectivity index (χ1v) is 6.34. The van der Waals surface area contributed by atoms with Crippen molar-refractivity contribution >= 4 is 11.9 Å². The summed E-state index contributed by atoms with van der Waals surface area (Å²) in [4.78, 5) is 25.4. The van der Waals surface area contributed by atoms with Crippen molar-refractivity contribution in [2.24, 2.45) is 5.92 Å². The second-order valence-electron chi connectivity index (χ2n) is 5.59. The molecular formula is C13H23NO5. The Hall–Kier alpha value is -1.14. The number of amides is 1. The van der Waals surface area contributed by atoms with Gasteiger partial charge in [-0.3, -0.25) is 4.79 Å². The van der Waals surface area contributed by atoms with Gasteiger partial charge >= 0.3 is 6.09 Å². The number of likely N-dealkylation sites (tertiary alicyclic amines) is 1.